The maximum absolute atomic E-state index is 12.7. The molecule has 2 fully saturated rings. The van der Waals surface area contributed by atoms with Gasteiger partial charge >= 0.3 is 0 Å². The summed E-state index contributed by atoms with van der Waals surface area (Å²) >= 11 is 0. The van der Waals surface area contributed by atoms with Gasteiger partial charge in [-0.1, -0.05) is 27.2 Å². The smallest absolute Gasteiger partial charge is 0.240 e. The fourth-order valence-electron chi connectivity index (χ4n) is 4.71. The molecule has 0 heterocycles. The van der Waals surface area contributed by atoms with Gasteiger partial charge in [-0.05, 0) is 73.6 Å². The molecule has 5 nitrogen and oxygen atoms in total. The lowest BCUT2D eigenvalue weighted by Crippen LogP contribution is -2.40. The molecule has 27 heavy (non-hydrogen) atoms. The summed E-state index contributed by atoms with van der Waals surface area (Å²) in [5.74, 6) is 1.85. The molecule has 2 saturated carbocycles. The Labute approximate surface area is 163 Å². The molecule has 0 aliphatic heterocycles. The molecule has 0 saturated heterocycles. The minimum absolute atomic E-state index is 0.0449. The van der Waals surface area contributed by atoms with Crippen molar-refractivity contribution in [2.45, 2.75) is 70.7 Å². The molecule has 4 unspecified atom stereocenters. The molecule has 3 rings (SSSR count). The zero-order valence-electron chi connectivity index (χ0n) is 16.8. The van der Waals surface area contributed by atoms with E-state index in [0.29, 0.717) is 23.9 Å². The number of rotatable bonds is 6. The third-order valence-corrected chi connectivity index (χ3v) is 7.49. The van der Waals surface area contributed by atoms with Crippen molar-refractivity contribution in [3.8, 4) is 0 Å². The molecule has 0 aromatic heterocycles. The predicted octanol–water partition coefficient (Wildman–Crippen LogP) is 4.16. The molecular formula is C21H32N2O3S. The van der Waals surface area contributed by atoms with Gasteiger partial charge in [0.15, 0.2) is 0 Å². The number of carbonyl (C=O) groups excluding carboxylic acids is 1. The van der Waals surface area contributed by atoms with E-state index in [1.54, 1.807) is 24.3 Å². The van der Waals surface area contributed by atoms with Crippen molar-refractivity contribution in [2.24, 2.45) is 23.2 Å². The SMILES string of the molecule is CC(NS(=O)(=O)c1ccc(NC(=O)CC(C)(C)C)cc1)C1CC2CCC1C2. The van der Waals surface area contributed by atoms with E-state index in [-0.39, 0.29) is 22.3 Å². The first-order valence-corrected chi connectivity index (χ1v) is 11.4. The van der Waals surface area contributed by atoms with Crippen LogP contribution in [0.3, 0.4) is 0 Å². The van der Waals surface area contributed by atoms with Gasteiger partial charge in [0.25, 0.3) is 0 Å². The summed E-state index contributed by atoms with van der Waals surface area (Å²) < 4.78 is 28.3. The van der Waals surface area contributed by atoms with Crippen molar-refractivity contribution in [1.29, 1.82) is 0 Å². The fourth-order valence-corrected chi connectivity index (χ4v) is 6.01. The van der Waals surface area contributed by atoms with Gasteiger partial charge in [0.05, 0.1) is 4.90 Å². The van der Waals surface area contributed by atoms with Gasteiger partial charge < -0.3 is 5.32 Å². The number of amides is 1. The van der Waals surface area contributed by atoms with Crippen LogP contribution in [0, 0.1) is 23.2 Å². The molecule has 2 aliphatic rings. The standard InChI is InChI=1S/C21H32N2O3S/c1-14(19-12-15-5-6-16(19)11-15)23-27(25,26)18-9-7-17(8-10-18)22-20(24)13-21(2,3)4/h7-10,14-16,19,23H,5-6,11-13H2,1-4H3,(H,22,24). The Bertz CT molecular complexity index is 781. The van der Waals surface area contributed by atoms with E-state index >= 15 is 0 Å². The maximum atomic E-state index is 12.7. The number of fused-ring (bicyclic) bond motifs is 2. The minimum Gasteiger partial charge on any atom is -0.326 e. The average molecular weight is 393 g/mol. The fraction of sp³-hybridized carbons (Fsp3) is 0.667. The van der Waals surface area contributed by atoms with Gasteiger partial charge in [0.2, 0.25) is 15.9 Å². The van der Waals surface area contributed by atoms with E-state index in [4.69, 9.17) is 0 Å². The summed E-state index contributed by atoms with van der Waals surface area (Å²) in [6.45, 7) is 8.01. The van der Waals surface area contributed by atoms with Gasteiger partial charge in [0, 0.05) is 18.2 Å². The van der Waals surface area contributed by atoms with Gasteiger partial charge in [-0.3, -0.25) is 4.79 Å². The maximum Gasteiger partial charge on any atom is 0.240 e. The molecule has 2 aliphatic carbocycles. The summed E-state index contributed by atoms with van der Waals surface area (Å²) in [6, 6.07) is 6.37. The van der Waals surface area contributed by atoms with Crippen LogP contribution in [0.25, 0.3) is 0 Å². The second-order valence-electron chi connectivity index (χ2n) is 9.56. The number of nitrogens with one attached hydrogen (secondary N) is 2. The zero-order valence-corrected chi connectivity index (χ0v) is 17.6. The number of hydrogen-bond donors (Lipinski definition) is 2. The molecule has 4 atom stereocenters. The predicted molar refractivity (Wildman–Crippen MR) is 108 cm³/mol. The van der Waals surface area contributed by atoms with E-state index in [1.807, 2.05) is 27.7 Å². The van der Waals surface area contributed by atoms with E-state index < -0.39 is 10.0 Å². The molecule has 2 bridgehead atoms. The number of hydrogen-bond acceptors (Lipinski definition) is 3. The first kappa shape index (κ1) is 20.3. The number of sulfonamides is 1. The first-order valence-electron chi connectivity index (χ1n) is 9.96. The lowest BCUT2D eigenvalue weighted by atomic mass is 9.84. The molecule has 1 amide bonds. The quantitative estimate of drug-likeness (QED) is 0.763. The summed E-state index contributed by atoms with van der Waals surface area (Å²) in [5, 5.41) is 2.83. The second-order valence-corrected chi connectivity index (χ2v) is 11.3. The van der Waals surface area contributed by atoms with Crippen LogP contribution in [0.2, 0.25) is 0 Å². The summed E-state index contributed by atoms with van der Waals surface area (Å²) in [7, 11) is -3.55. The lowest BCUT2D eigenvalue weighted by Gasteiger charge is -2.28. The third-order valence-electron chi connectivity index (χ3n) is 5.92. The van der Waals surface area contributed by atoms with Crippen LogP contribution in [0.15, 0.2) is 29.2 Å². The van der Waals surface area contributed by atoms with Gasteiger partial charge in [-0.2, -0.15) is 0 Å². The molecule has 2 N–H and O–H groups in total. The molecular weight excluding hydrogens is 360 g/mol. The molecule has 1 aromatic carbocycles. The van der Waals surface area contributed by atoms with Gasteiger partial charge in [-0.15, -0.1) is 0 Å². The Hall–Kier alpha value is -1.40. The van der Waals surface area contributed by atoms with Crippen LogP contribution in [0.4, 0.5) is 5.69 Å². The minimum atomic E-state index is -3.55. The molecule has 6 heteroatoms. The van der Waals surface area contributed by atoms with Crippen LogP contribution < -0.4 is 10.0 Å². The van der Waals surface area contributed by atoms with Crippen molar-refractivity contribution in [3.63, 3.8) is 0 Å². The van der Waals surface area contributed by atoms with E-state index in [0.717, 1.165) is 12.3 Å². The Morgan fingerprint density at radius 3 is 2.33 bits per heavy atom. The number of benzene rings is 1. The summed E-state index contributed by atoms with van der Waals surface area (Å²) in [4.78, 5) is 12.3. The molecule has 1 aromatic rings. The van der Waals surface area contributed by atoms with Crippen molar-refractivity contribution in [3.05, 3.63) is 24.3 Å². The monoisotopic (exact) mass is 392 g/mol. The highest BCUT2D eigenvalue weighted by Gasteiger charge is 2.42. The van der Waals surface area contributed by atoms with Crippen molar-refractivity contribution in [2.75, 3.05) is 5.32 Å². The van der Waals surface area contributed by atoms with Crippen LogP contribution in [0.1, 0.15) is 59.8 Å². The Balaban J connectivity index is 1.60. The highest BCUT2D eigenvalue weighted by Crippen LogP contribution is 2.49. The highest BCUT2D eigenvalue weighted by molar-refractivity contribution is 7.89. The third kappa shape index (κ3) is 5.11. The highest BCUT2D eigenvalue weighted by atomic mass is 32.2. The van der Waals surface area contributed by atoms with Crippen molar-refractivity contribution >= 4 is 21.6 Å². The zero-order chi connectivity index (χ0) is 19.8. The Morgan fingerprint density at radius 2 is 1.81 bits per heavy atom. The van der Waals surface area contributed by atoms with Crippen molar-refractivity contribution < 1.29 is 13.2 Å². The summed E-state index contributed by atoms with van der Waals surface area (Å²) in [6.07, 6.45) is 5.37. The molecule has 0 spiro atoms. The lowest BCUT2D eigenvalue weighted by molar-refractivity contribution is -0.117. The Morgan fingerprint density at radius 1 is 1.15 bits per heavy atom. The van der Waals surface area contributed by atoms with Crippen LogP contribution in [0.5, 0.6) is 0 Å². The van der Waals surface area contributed by atoms with Crippen LogP contribution in [-0.2, 0) is 14.8 Å². The topological polar surface area (TPSA) is 75.3 Å². The summed E-state index contributed by atoms with van der Waals surface area (Å²) in [5.41, 5.74) is 0.525. The van der Waals surface area contributed by atoms with E-state index in [1.165, 1.54) is 19.3 Å². The molecule has 150 valence electrons. The average Bonchev–Trinajstić information content (AvgIpc) is 3.16. The van der Waals surface area contributed by atoms with Crippen LogP contribution in [-0.4, -0.2) is 20.4 Å². The first-order chi connectivity index (χ1) is 12.5. The normalized spacial score (nSPS) is 26.1. The van der Waals surface area contributed by atoms with Gasteiger partial charge in [0.1, 0.15) is 0 Å². The van der Waals surface area contributed by atoms with E-state index in [2.05, 4.69) is 10.0 Å². The Kier molecular flexibility index (Phi) is 5.69. The van der Waals surface area contributed by atoms with E-state index in [9.17, 15) is 13.2 Å². The number of carbonyl (C=O) groups is 1. The molecule has 0 radical (unpaired) electrons. The van der Waals surface area contributed by atoms with Gasteiger partial charge in [-0.25, -0.2) is 13.1 Å². The number of anilines is 1. The van der Waals surface area contributed by atoms with Crippen molar-refractivity contribution in [1.82, 2.24) is 4.72 Å². The largest absolute Gasteiger partial charge is 0.326 e. The van der Waals surface area contributed by atoms with Crippen LogP contribution >= 0.6 is 0 Å². The second kappa shape index (κ2) is 7.55.